The Kier molecular flexibility index (Phi) is 9.26. The van der Waals surface area contributed by atoms with Crippen molar-refractivity contribution in [2.75, 3.05) is 6.61 Å². The molecular weight excluding hydrogens is 572 g/mol. The minimum atomic E-state index is -1.96. The lowest BCUT2D eigenvalue weighted by atomic mass is 9.59. The lowest BCUT2D eigenvalue weighted by Crippen LogP contribution is -2.66. The van der Waals surface area contributed by atoms with Gasteiger partial charge in [0.15, 0.2) is 11.4 Å². The summed E-state index contributed by atoms with van der Waals surface area (Å²) in [7, 11) is 0. The molecule has 8 atom stereocenters. The summed E-state index contributed by atoms with van der Waals surface area (Å²) in [6.45, 7) is 9.05. The topological polar surface area (TPSA) is 130 Å². The average Bonchev–Trinajstić information content (AvgIpc) is 3.44. The third kappa shape index (κ3) is 5.31. The number of carbonyl (C=O) groups is 3. The van der Waals surface area contributed by atoms with Crippen molar-refractivity contribution in [3.05, 3.63) is 59.2 Å². The molecule has 246 valence electrons. The molecule has 8 heteroatoms. The number of hydrogen-bond acceptors (Lipinski definition) is 8. The van der Waals surface area contributed by atoms with Gasteiger partial charge in [0.25, 0.3) is 0 Å². The summed E-state index contributed by atoms with van der Waals surface area (Å²) in [6.07, 6.45) is 9.84. The molecule has 1 aromatic carbocycles. The quantitative estimate of drug-likeness (QED) is 0.159. The van der Waals surface area contributed by atoms with Crippen molar-refractivity contribution in [3.8, 4) is 0 Å². The highest BCUT2D eigenvalue weighted by atomic mass is 16.6. The molecule has 0 saturated heterocycles. The van der Waals surface area contributed by atoms with Crippen LogP contribution in [0.1, 0.15) is 103 Å². The molecule has 8 nitrogen and oxygen atoms in total. The maximum absolute atomic E-state index is 13.6. The van der Waals surface area contributed by atoms with Gasteiger partial charge in [-0.1, -0.05) is 96.6 Å². The van der Waals surface area contributed by atoms with E-state index in [1.165, 1.54) is 19.3 Å². The molecular formula is C37H50O8. The summed E-state index contributed by atoms with van der Waals surface area (Å²) in [5.41, 5.74) is -4.61. The lowest BCUT2D eigenvalue weighted by Gasteiger charge is -2.53. The van der Waals surface area contributed by atoms with E-state index in [1.54, 1.807) is 56.3 Å². The molecule has 0 radical (unpaired) electrons. The van der Waals surface area contributed by atoms with Gasteiger partial charge in [-0.15, -0.1) is 0 Å². The fourth-order valence-corrected chi connectivity index (χ4v) is 9.05. The molecule has 0 bridgehead atoms. The normalized spacial score (nSPS) is 36.1. The molecule has 0 spiro atoms. The zero-order valence-corrected chi connectivity index (χ0v) is 27.4. The van der Waals surface area contributed by atoms with E-state index < -0.39 is 70.4 Å². The lowest BCUT2D eigenvalue weighted by molar-refractivity contribution is -0.219. The van der Waals surface area contributed by atoms with Crippen molar-refractivity contribution in [3.63, 3.8) is 0 Å². The fourth-order valence-electron chi connectivity index (χ4n) is 9.05. The highest BCUT2D eigenvalue weighted by Gasteiger charge is 2.88. The molecule has 1 aromatic rings. The Labute approximate surface area is 266 Å². The molecule has 4 aliphatic rings. The van der Waals surface area contributed by atoms with Crippen molar-refractivity contribution < 1.29 is 39.2 Å². The Balaban J connectivity index is 1.52. The van der Waals surface area contributed by atoms with Gasteiger partial charge in [-0.2, -0.15) is 0 Å². The Morgan fingerprint density at radius 2 is 1.62 bits per heavy atom. The summed E-state index contributed by atoms with van der Waals surface area (Å²) < 4.78 is 12.7. The van der Waals surface area contributed by atoms with E-state index >= 15 is 0 Å². The Morgan fingerprint density at radius 3 is 2.27 bits per heavy atom. The van der Waals surface area contributed by atoms with Crippen LogP contribution in [0.2, 0.25) is 0 Å². The number of carbonyl (C=O) groups excluding carboxylic acids is 3. The Bertz CT molecular complexity index is 1360. The zero-order valence-electron chi connectivity index (χ0n) is 27.4. The number of Topliss-reactive ketones (excluding diaryl/α,β-unsaturated/α-hetero) is 1. The molecule has 0 heterocycles. The van der Waals surface area contributed by atoms with Crippen molar-refractivity contribution in [1.82, 2.24) is 0 Å². The van der Waals surface area contributed by atoms with Crippen molar-refractivity contribution >= 4 is 17.7 Å². The maximum atomic E-state index is 13.6. The molecule has 2 fully saturated rings. The molecule has 2 saturated carbocycles. The van der Waals surface area contributed by atoms with Crippen LogP contribution in [0.4, 0.5) is 0 Å². The summed E-state index contributed by atoms with van der Waals surface area (Å²) in [5.74, 6) is -4.56. The number of aliphatic hydroxyl groups excluding tert-OH is 1. The van der Waals surface area contributed by atoms with Gasteiger partial charge in [0.1, 0.15) is 11.7 Å². The third-order valence-corrected chi connectivity index (χ3v) is 11.5. The van der Waals surface area contributed by atoms with Crippen molar-refractivity contribution in [2.24, 2.45) is 29.1 Å². The van der Waals surface area contributed by atoms with E-state index in [4.69, 9.17) is 9.47 Å². The summed E-state index contributed by atoms with van der Waals surface area (Å²) >= 11 is 0. The zero-order chi connectivity index (χ0) is 32.8. The Morgan fingerprint density at radius 1 is 0.978 bits per heavy atom. The first-order chi connectivity index (χ1) is 21.3. The number of aliphatic hydroxyl groups is 3. The minimum Gasteiger partial charge on any atom is -0.454 e. The number of rotatable bonds is 12. The van der Waals surface area contributed by atoms with Crippen molar-refractivity contribution in [2.45, 2.75) is 115 Å². The number of esters is 2. The highest BCUT2D eigenvalue weighted by Crippen LogP contribution is 2.77. The Hall–Kier alpha value is -2.81. The summed E-state index contributed by atoms with van der Waals surface area (Å²) in [5, 5.41) is 35.1. The van der Waals surface area contributed by atoms with Crippen LogP contribution >= 0.6 is 0 Å². The van der Waals surface area contributed by atoms with Crippen LogP contribution in [0, 0.1) is 29.1 Å². The van der Waals surface area contributed by atoms with E-state index in [-0.39, 0.29) is 18.8 Å². The van der Waals surface area contributed by atoms with Crippen LogP contribution in [-0.4, -0.2) is 62.6 Å². The standard InChI is InChI=1S/C37H50O8/c1-6-7-8-9-10-11-15-18-29(39)45-37-30(34(37,4)5)27-20-25(22-38)21-35(42)28(19-23(2)31(35)40)36(27,43)24(3)32(37)44-33(41)26-16-13-12-14-17-26/h12-14,16-17,19-20,24,27-28,30,32,38,42-43H,6-11,15,18,21-22H2,1-5H3/t24-,27+,28-,30-,32-,35-,36-,37-/m1/s1. The molecule has 0 amide bonds. The highest BCUT2D eigenvalue weighted by molar-refractivity contribution is 6.04. The van der Waals surface area contributed by atoms with E-state index in [2.05, 4.69) is 6.92 Å². The summed E-state index contributed by atoms with van der Waals surface area (Å²) in [4.78, 5) is 40.5. The largest absolute Gasteiger partial charge is 0.454 e. The first-order valence-corrected chi connectivity index (χ1v) is 16.8. The monoisotopic (exact) mass is 622 g/mol. The molecule has 5 rings (SSSR count). The van der Waals surface area contributed by atoms with Gasteiger partial charge in [-0.3, -0.25) is 9.59 Å². The molecule has 0 aliphatic heterocycles. The minimum absolute atomic E-state index is 0.126. The van der Waals surface area contributed by atoms with Crippen LogP contribution in [-0.2, 0) is 19.1 Å². The number of unbranched alkanes of at least 4 members (excludes halogenated alkanes) is 6. The number of ether oxygens (including phenoxy) is 2. The van der Waals surface area contributed by atoms with Crippen LogP contribution < -0.4 is 0 Å². The van der Waals surface area contributed by atoms with E-state index in [0.29, 0.717) is 23.1 Å². The fraction of sp³-hybridized carbons (Fsp3) is 0.649. The molecule has 3 N–H and O–H groups in total. The smallest absolute Gasteiger partial charge is 0.338 e. The SMILES string of the molecule is CCCCCCCCCC(=O)O[C@@]12[C@H](OC(=O)c3ccccc3)[C@@H](C)[C@@]3(O)[C@@H](C=C(CO)C[C@]4(O)C(=O)C(C)=C[C@@H]34)[C@@H]1C2(C)C. The molecule has 0 aromatic heterocycles. The summed E-state index contributed by atoms with van der Waals surface area (Å²) in [6, 6.07) is 8.55. The third-order valence-electron chi connectivity index (χ3n) is 11.5. The predicted octanol–water partition coefficient (Wildman–Crippen LogP) is 5.49. The van der Waals surface area contributed by atoms with Gasteiger partial charge in [0.2, 0.25) is 0 Å². The average molecular weight is 623 g/mol. The van der Waals surface area contributed by atoms with Gasteiger partial charge in [-0.25, -0.2) is 4.79 Å². The van der Waals surface area contributed by atoms with Gasteiger partial charge < -0.3 is 24.8 Å². The maximum Gasteiger partial charge on any atom is 0.338 e. The van der Waals surface area contributed by atoms with Crippen LogP contribution in [0.5, 0.6) is 0 Å². The predicted molar refractivity (Wildman–Crippen MR) is 169 cm³/mol. The van der Waals surface area contributed by atoms with Crippen LogP contribution in [0.3, 0.4) is 0 Å². The molecule has 4 aliphatic carbocycles. The van der Waals surface area contributed by atoms with Gasteiger partial charge in [0, 0.05) is 41.9 Å². The van der Waals surface area contributed by atoms with E-state index in [9.17, 15) is 29.7 Å². The number of benzene rings is 1. The second-order valence-corrected chi connectivity index (χ2v) is 14.5. The van der Waals surface area contributed by atoms with E-state index in [0.717, 1.165) is 19.3 Å². The first-order valence-electron chi connectivity index (χ1n) is 16.8. The van der Waals surface area contributed by atoms with Gasteiger partial charge >= 0.3 is 11.9 Å². The number of fused-ring (bicyclic) bond motifs is 5. The molecule has 0 unspecified atom stereocenters. The number of ketones is 1. The van der Waals surface area contributed by atoms with Crippen molar-refractivity contribution in [1.29, 1.82) is 0 Å². The number of hydrogen-bond donors (Lipinski definition) is 3. The second kappa shape index (κ2) is 12.4. The van der Waals surface area contributed by atoms with E-state index in [1.807, 2.05) is 13.8 Å². The van der Waals surface area contributed by atoms with Crippen LogP contribution in [0.15, 0.2) is 53.6 Å². The first kappa shape index (κ1) is 33.6. The van der Waals surface area contributed by atoms with Gasteiger partial charge in [0.05, 0.1) is 17.8 Å². The van der Waals surface area contributed by atoms with Crippen LogP contribution in [0.25, 0.3) is 0 Å². The second-order valence-electron chi connectivity index (χ2n) is 14.5. The molecule has 45 heavy (non-hydrogen) atoms. The van der Waals surface area contributed by atoms with Gasteiger partial charge in [-0.05, 0) is 36.6 Å².